The van der Waals surface area contributed by atoms with Crippen LogP contribution >= 0.6 is 11.3 Å². The van der Waals surface area contributed by atoms with Gasteiger partial charge in [0.25, 0.3) is 5.91 Å². The third-order valence-electron chi connectivity index (χ3n) is 3.98. The topological polar surface area (TPSA) is 62.3 Å². The Balaban J connectivity index is 1.58. The molecule has 1 aliphatic heterocycles. The molecule has 0 saturated carbocycles. The van der Waals surface area contributed by atoms with Gasteiger partial charge in [-0.15, -0.1) is 11.3 Å². The molecule has 3 rings (SSSR count). The van der Waals surface area contributed by atoms with Crippen LogP contribution < -0.4 is 5.32 Å². The van der Waals surface area contributed by atoms with E-state index in [2.05, 4.69) is 4.98 Å². The predicted molar refractivity (Wildman–Crippen MR) is 90.0 cm³/mol. The molecule has 1 aromatic carbocycles. The van der Waals surface area contributed by atoms with Crippen molar-refractivity contribution in [2.24, 2.45) is 0 Å². The smallest absolute Gasteiger partial charge is 0.342 e. The average molecular weight is 383 g/mol. The number of carbonyl (C=O) groups excluding carboxylic acids is 2. The van der Waals surface area contributed by atoms with Gasteiger partial charge in [-0.1, -0.05) is 12.1 Å². The summed E-state index contributed by atoms with van der Waals surface area (Å²) in [4.78, 5) is 30.0. The fourth-order valence-corrected chi connectivity index (χ4v) is 3.52. The first-order valence-corrected chi connectivity index (χ1v) is 8.71. The molecule has 0 unspecified atom stereocenters. The lowest BCUT2D eigenvalue weighted by molar-refractivity contribution is -0.175. The minimum absolute atomic E-state index is 0.0684. The van der Waals surface area contributed by atoms with Gasteiger partial charge in [-0.2, -0.15) is 13.2 Å². The van der Waals surface area contributed by atoms with Crippen LogP contribution in [0.15, 0.2) is 30.5 Å². The Morgan fingerprint density at radius 2 is 2.08 bits per heavy atom. The summed E-state index contributed by atoms with van der Waals surface area (Å²) >= 11 is 1.59. The second-order valence-electron chi connectivity index (χ2n) is 6.10. The van der Waals surface area contributed by atoms with E-state index >= 15 is 0 Å². The van der Waals surface area contributed by atoms with Crippen molar-refractivity contribution in [1.29, 1.82) is 0 Å². The number of alkyl halides is 3. The summed E-state index contributed by atoms with van der Waals surface area (Å²) in [7, 11) is 0. The molecule has 26 heavy (non-hydrogen) atoms. The predicted octanol–water partition coefficient (Wildman–Crippen LogP) is 2.55. The van der Waals surface area contributed by atoms with Crippen LogP contribution in [0.1, 0.15) is 25.8 Å². The fraction of sp³-hybridized carbons (Fsp3) is 0.353. The molecule has 0 spiro atoms. The number of carbonyl (C=O) groups is 2. The largest absolute Gasteiger partial charge is 0.471 e. The van der Waals surface area contributed by atoms with E-state index in [9.17, 15) is 22.8 Å². The summed E-state index contributed by atoms with van der Waals surface area (Å²) in [6.07, 6.45) is -2.44. The summed E-state index contributed by atoms with van der Waals surface area (Å²) in [5.41, 5.74) is 1.44. The normalized spacial score (nSPS) is 14.8. The molecular formula is C17H16F3N3O2S. The molecule has 0 bridgehead atoms. The summed E-state index contributed by atoms with van der Waals surface area (Å²) in [5.74, 6) is -2.23. The van der Waals surface area contributed by atoms with Crippen molar-refractivity contribution in [2.75, 3.05) is 13.1 Å². The first-order valence-electron chi connectivity index (χ1n) is 7.89. The Morgan fingerprint density at radius 3 is 2.69 bits per heavy atom. The van der Waals surface area contributed by atoms with Gasteiger partial charge in [-0.25, -0.2) is 4.98 Å². The van der Waals surface area contributed by atoms with Crippen LogP contribution in [0.2, 0.25) is 0 Å². The van der Waals surface area contributed by atoms with Gasteiger partial charge in [0.15, 0.2) is 0 Å². The lowest BCUT2D eigenvalue weighted by Gasteiger charge is -2.39. The number of halogens is 3. The summed E-state index contributed by atoms with van der Waals surface area (Å²) in [5, 5.41) is 2.85. The zero-order valence-electron chi connectivity index (χ0n) is 13.8. The molecule has 1 saturated heterocycles. The fourth-order valence-electron chi connectivity index (χ4n) is 2.69. The molecule has 2 aromatic rings. The number of rotatable bonds is 4. The summed E-state index contributed by atoms with van der Waals surface area (Å²) < 4.78 is 36.7. The van der Waals surface area contributed by atoms with E-state index in [1.54, 1.807) is 35.7 Å². The second-order valence-corrected chi connectivity index (χ2v) is 7.42. The van der Waals surface area contributed by atoms with Crippen LogP contribution in [-0.4, -0.2) is 47.0 Å². The van der Waals surface area contributed by atoms with Crippen LogP contribution in [0.25, 0.3) is 0 Å². The number of nitrogens with one attached hydrogen (secondary N) is 1. The minimum Gasteiger partial charge on any atom is -0.342 e. The number of nitrogens with zero attached hydrogens (tertiary/aromatic N) is 2. The Morgan fingerprint density at radius 1 is 1.35 bits per heavy atom. The summed E-state index contributed by atoms with van der Waals surface area (Å²) in [6, 6.07) is 6.47. The summed E-state index contributed by atoms with van der Waals surface area (Å²) in [6.45, 7) is 2.06. The van der Waals surface area contributed by atoms with Crippen LogP contribution in [0.3, 0.4) is 0 Å². The first-order chi connectivity index (χ1) is 12.2. The molecule has 5 nitrogen and oxygen atoms in total. The lowest BCUT2D eigenvalue weighted by Crippen LogP contribution is -2.62. The van der Waals surface area contributed by atoms with Crippen molar-refractivity contribution < 1.29 is 22.8 Å². The van der Waals surface area contributed by atoms with E-state index in [4.69, 9.17) is 0 Å². The monoisotopic (exact) mass is 383 g/mol. The molecule has 1 aromatic heterocycles. The van der Waals surface area contributed by atoms with Gasteiger partial charge in [0.1, 0.15) is 0 Å². The van der Waals surface area contributed by atoms with Gasteiger partial charge < -0.3 is 10.2 Å². The van der Waals surface area contributed by atoms with E-state index < -0.39 is 18.1 Å². The third kappa shape index (κ3) is 4.21. The van der Waals surface area contributed by atoms with Crippen molar-refractivity contribution in [3.8, 4) is 0 Å². The molecule has 0 radical (unpaired) electrons. The molecule has 0 aliphatic carbocycles. The molecule has 1 N–H and O–H groups in total. The molecule has 138 valence electrons. The van der Waals surface area contributed by atoms with Crippen LogP contribution in [-0.2, 0) is 11.2 Å². The molecule has 9 heteroatoms. The maximum Gasteiger partial charge on any atom is 0.471 e. The average Bonchev–Trinajstić information content (AvgIpc) is 2.94. The first kappa shape index (κ1) is 18.4. The highest BCUT2D eigenvalue weighted by Gasteiger charge is 2.42. The van der Waals surface area contributed by atoms with Crippen LogP contribution in [0.5, 0.6) is 0 Å². The Hall–Kier alpha value is -2.42. The number of aryl methyl sites for hydroxylation is 1. The minimum atomic E-state index is -4.91. The molecule has 1 fully saturated rings. The van der Waals surface area contributed by atoms with E-state index in [0.29, 0.717) is 12.0 Å². The Kier molecular flexibility index (Phi) is 4.99. The van der Waals surface area contributed by atoms with Gasteiger partial charge in [-0.3, -0.25) is 9.59 Å². The van der Waals surface area contributed by atoms with Gasteiger partial charge in [0.2, 0.25) is 0 Å². The van der Waals surface area contributed by atoms with Crippen molar-refractivity contribution in [2.45, 2.75) is 25.6 Å². The second kappa shape index (κ2) is 7.06. The molecule has 0 atom stereocenters. The quantitative estimate of drug-likeness (QED) is 0.883. The van der Waals surface area contributed by atoms with E-state index in [0.717, 1.165) is 15.4 Å². The third-order valence-corrected chi connectivity index (χ3v) is 4.90. The maximum atomic E-state index is 12.4. The van der Waals surface area contributed by atoms with Crippen molar-refractivity contribution in [3.63, 3.8) is 0 Å². The van der Waals surface area contributed by atoms with Crippen LogP contribution in [0.4, 0.5) is 13.2 Å². The van der Waals surface area contributed by atoms with Gasteiger partial charge >= 0.3 is 12.1 Å². The maximum absolute atomic E-state index is 12.4. The lowest BCUT2D eigenvalue weighted by atomic mass is 10.0. The number of amides is 2. The SMILES string of the molecule is Cc1ncc(Cc2cccc(C(=O)N3CC(NC(=O)C(F)(F)F)C3)c2)s1. The highest BCUT2D eigenvalue weighted by Crippen LogP contribution is 2.20. The van der Waals surface area contributed by atoms with E-state index in [1.165, 1.54) is 4.90 Å². The molecule has 2 heterocycles. The van der Waals surface area contributed by atoms with Crippen molar-refractivity contribution >= 4 is 23.2 Å². The number of benzene rings is 1. The van der Waals surface area contributed by atoms with Gasteiger partial charge in [-0.05, 0) is 24.6 Å². The Labute approximate surface area is 151 Å². The molecule has 1 aliphatic rings. The van der Waals surface area contributed by atoms with Crippen molar-refractivity contribution in [1.82, 2.24) is 15.2 Å². The van der Waals surface area contributed by atoms with E-state index in [1.807, 2.05) is 18.3 Å². The number of aromatic nitrogens is 1. The number of hydrogen-bond donors (Lipinski definition) is 1. The number of hydrogen-bond acceptors (Lipinski definition) is 4. The zero-order valence-corrected chi connectivity index (χ0v) is 14.7. The number of thiazole rings is 1. The highest BCUT2D eigenvalue weighted by molar-refractivity contribution is 7.11. The Bertz CT molecular complexity index is 829. The molecule has 2 amide bonds. The number of likely N-dealkylation sites (tertiary alicyclic amines) is 1. The zero-order chi connectivity index (χ0) is 18.9. The molecular weight excluding hydrogens is 367 g/mol. The van der Waals surface area contributed by atoms with Gasteiger partial charge in [0, 0.05) is 36.1 Å². The highest BCUT2D eigenvalue weighted by atomic mass is 32.1. The standard InChI is InChI=1S/C17H16F3N3O2S/c1-10-21-7-14(26-10)6-11-3-2-4-12(5-11)15(24)23-8-13(9-23)22-16(25)17(18,19)20/h2-5,7,13H,6,8-9H2,1H3,(H,22,25). The van der Waals surface area contributed by atoms with Gasteiger partial charge in [0.05, 0.1) is 11.0 Å². The van der Waals surface area contributed by atoms with Crippen molar-refractivity contribution in [3.05, 3.63) is 51.5 Å². The van der Waals surface area contributed by atoms with E-state index in [-0.39, 0.29) is 19.0 Å². The van der Waals surface area contributed by atoms with Crippen LogP contribution in [0, 0.1) is 6.92 Å².